The van der Waals surface area contributed by atoms with Crippen LogP contribution in [0.2, 0.25) is 0 Å². The van der Waals surface area contributed by atoms with Crippen LogP contribution in [0, 0.1) is 19.7 Å². The zero-order valence-corrected chi connectivity index (χ0v) is 19.9. The number of benzene rings is 3. The number of amides is 1. The van der Waals surface area contributed by atoms with E-state index in [9.17, 15) is 23.6 Å². The van der Waals surface area contributed by atoms with Gasteiger partial charge >= 0.3 is 5.97 Å². The molecule has 1 heterocycles. The quantitative estimate of drug-likeness (QED) is 0.365. The van der Waals surface area contributed by atoms with Crippen LogP contribution in [0.3, 0.4) is 0 Å². The summed E-state index contributed by atoms with van der Waals surface area (Å²) < 4.78 is 20.0. The van der Waals surface area contributed by atoms with Gasteiger partial charge in [-0.1, -0.05) is 36.4 Å². The summed E-state index contributed by atoms with van der Waals surface area (Å²) in [6, 6.07) is 16.7. The molecule has 0 saturated heterocycles. The predicted molar refractivity (Wildman–Crippen MR) is 132 cm³/mol. The molecule has 5 rings (SSSR count). The summed E-state index contributed by atoms with van der Waals surface area (Å²) in [5, 5.41) is 6.91. The van der Waals surface area contributed by atoms with Gasteiger partial charge in [-0.3, -0.25) is 14.4 Å². The minimum atomic E-state index is -0.756. The molecule has 37 heavy (non-hydrogen) atoms. The smallest absolute Gasteiger partial charge is 0.342 e. The number of nitrogens with one attached hydrogen (secondary N) is 1. The van der Waals surface area contributed by atoms with Crippen LogP contribution in [0.1, 0.15) is 53.6 Å². The number of ether oxygens (including phenoxy) is 1. The number of carbonyl (C=O) groups is 4. The Labute approximate surface area is 210 Å². The first kappa shape index (κ1) is 23.8. The molecule has 0 bridgehead atoms. The van der Waals surface area contributed by atoms with Crippen molar-refractivity contribution >= 4 is 29.1 Å². The monoisotopic (exact) mass is 497 g/mol. The summed E-state index contributed by atoms with van der Waals surface area (Å²) >= 11 is 0. The Hall–Kier alpha value is -4.92. The number of ketones is 2. The summed E-state index contributed by atoms with van der Waals surface area (Å²) in [4.78, 5) is 51.4. The van der Waals surface area contributed by atoms with Crippen molar-refractivity contribution in [3.05, 3.63) is 112 Å². The van der Waals surface area contributed by atoms with Crippen molar-refractivity contribution in [3.8, 4) is 5.69 Å². The van der Waals surface area contributed by atoms with E-state index in [2.05, 4.69) is 10.4 Å². The third-order valence-electron chi connectivity index (χ3n) is 6.13. The van der Waals surface area contributed by atoms with Gasteiger partial charge in [0.2, 0.25) is 0 Å². The largest absolute Gasteiger partial charge is 0.452 e. The van der Waals surface area contributed by atoms with Crippen molar-refractivity contribution < 1.29 is 28.3 Å². The topological polar surface area (TPSA) is 107 Å². The fourth-order valence-electron chi connectivity index (χ4n) is 4.41. The number of carbonyl (C=O) groups excluding carboxylic acids is 4. The summed E-state index contributed by atoms with van der Waals surface area (Å²) in [5.74, 6) is -2.52. The highest BCUT2D eigenvalue weighted by Gasteiger charge is 2.32. The molecule has 0 atom stereocenters. The Morgan fingerprint density at radius 2 is 1.54 bits per heavy atom. The molecular formula is C28H20FN3O5. The van der Waals surface area contributed by atoms with Crippen LogP contribution in [-0.4, -0.2) is 39.8 Å². The molecule has 0 fully saturated rings. The fourth-order valence-corrected chi connectivity index (χ4v) is 4.41. The molecule has 184 valence electrons. The number of aryl methyl sites for hydroxylation is 1. The van der Waals surface area contributed by atoms with E-state index in [4.69, 9.17) is 4.74 Å². The molecule has 1 aliphatic rings. The van der Waals surface area contributed by atoms with Gasteiger partial charge in [-0.25, -0.2) is 13.9 Å². The van der Waals surface area contributed by atoms with E-state index < -0.39 is 24.3 Å². The Bertz CT molecular complexity index is 1600. The third-order valence-corrected chi connectivity index (χ3v) is 6.13. The van der Waals surface area contributed by atoms with Crippen molar-refractivity contribution in [2.45, 2.75) is 13.8 Å². The average molecular weight is 497 g/mol. The van der Waals surface area contributed by atoms with Gasteiger partial charge in [-0.05, 0) is 44.2 Å². The molecule has 0 aliphatic heterocycles. The molecular weight excluding hydrogens is 477 g/mol. The van der Waals surface area contributed by atoms with Crippen LogP contribution in [0.25, 0.3) is 5.69 Å². The number of aromatic nitrogens is 2. The van der Waals surface area contributed by atoms with Gasteiger partial charge in [-0.2, -0.15) is 5.10 Å². The van der Waals surface area contributed by atoms with E-state index in [0.717, 1.165) is 0 Å². The summed E-state index contributed by atoms with van der Waals surface area (Å²) in [5.41, 5.74) is 2.61. The first-order valence-electron chi connectivity index (χ1n) is 11.4. The van der Waals surface area contributed by atoms with E-state index in [1.165, 1.54) is 41.1 Å². The molecule has 1 aromatic heterocycles. The van der Waals surface area contributed by atoms with E-state index in [-0.39, 0.29) is 39.5 Å². The van der Waals surface area contributed by atoms with Gasteiger partial charge in [0.25, 0.3) is 5.91 Å². The van der Waals surface area contributed by atoms with E-state index in [1.807, 2.05) is 0 Å². The Balaban J connectivity index is 1.32. The lowest BCUT2D eigenvalue weighted by molar-refractivity contribution is -0.119. The normalized spacial score (nSPS) is 12.1. The van der Waals surface area contributed by atoms with Crippen molar-refractivity contribution in [1.29, 1.82) is 0 Å². The van der Waals surface area contributed by atoms with Gasteiger partial charge in [0.1, 0.15) is 11.4 Å². The highest BCUT2D eigenvalue weighted by atomic mass is 19.1. The Morgan fingerprint density at radius 1 is 0.892 bits per heavy atom. The molecule has 0 spiro atoms. The summed E-state index contributed by atoms with van der Waals surface area (Å²) in [6.07, 6.45) is 0. The highest BCUT2D eigenvalue weighted by molar-refractivity contribution is 6.30. The third kappa shape index (κ3) is 4.20. The molecule has 0 radical (unpaired) electrons. The van der Waals surface area contributed by atoms with Crippen molar-refractivity contribution in [2.24, 2.45) is 0 Å². The molecule has 1 amide bonds. The first-order valence-corrected chi connectivity index (χ1v) is 11.4. The molecule has 3 aromatic carbocycles. The van der Waals surface area contributed by atoms with Crippen LogP contribution in [0.15, 0.2) is 66.7 Å². The maximum absolute atomic E-state index is 13.3. The fraction of sp³-hybridized carbons (Fsp3) is 0.107. The molecule has 4 aromatic rings. The van der Waals surface area contributed by atoms with Crippen LogP contribution < -0.4 is 5.32 Å². The lowest BCUT2D eigenvalue weighted by atomic mass is 9.83. The van der Waals surface area contributed by atoms with E-state index >= 15 is 0 Å². The van der Waals surface area contributed by atoms with Crippen molar-refractivity contribution in [2.75, 3.05) is 11.9 Å². The van der Waals surface area contributed by atoms with Crippen molar-refractivity contribution in [1.82, 2.24) is 9.78 Å². The SMILES string of the molecule is Cc1nn(-c2ccc(F)cc2)c(C)c1C(=O)OCC(=O)Nc1cccc2c1C(=O)c1ccccc1C2=O. The number of hydrogen-bond donors (Lipinski definition) is 1. The zero-order chi connectivity index (χ0) is 26.3. The van der Waals surface area contributed by atoms with Gasteiger partial charge in [-0.15, -0.1) is 0 Å². The number of rotatable bonds is 5. The maximum Gasteiger partial charge on any atom is 0.342 e. The number of halogens is 1. The van der Waals surface area contributed by atoms with Gasteiger partial charge in [0.15, 0.2) is 18.2 Å². The molecule has 1 aliphatic carbocycles. The minimum absolute atomic E-state index is 0.0955. The summed E-state index contributed by atoms with van der Waals surface area (Å²) in [7, 11) is 0. The van der Waals surface area contributed by atoms with Gasteiger partial charge < -0.3 is 10.1 Å². The Morgan fingerprint density at radius 3 is 2.24 bits per heavy atom. The second-order valence-electron chi connectivity index (χ2n) is 8.49. The van der Waals surface area contributed by atoms with Crippen LogP contribution in [-0.2, 0) is 9.53 Å². The average Bonchev–Trinajstić information content (AvgIpc) is 3.19. The number of fused-ring (bicyclic) bond motifs is 2. The zero-order valence-electron chi connectivity index (χ0n) is 19.9. The summed E-state index contributed by atoms with van der Waals surface area (Å²) in [6.45, 7) is 2.67. The van der Waals surface area contributed by atoms with Gasteiger partial charge in [0.05, 0.1) is 28.3 Å². The molecule has 8 nitrogen and oxygen atoms in total. The number of anilines is 1. The first-order chi connectivity index (χ1) is 17.8. The second-order valence-corrected chi connectivity index (χ2v) is 8.49. The standard InChI is InChI=1S/C28H20FN3O5/c1-15-24(16(2)32(31-15)18-12-10-17(29)11-13-18)28(36)37-14-23(33)30-22-9-5-8-21-25(22)27(35)20-7-4-3-6-19(20)26(21)34/h3-13H,14H2,1-2H3,(H,30,33). The second kappa shape index (κ2) is 9.27. The Kier molecular flexibility index (Phi) is 5.96. The molecule has 0 saturated carbocycles. The lowest BCUT2D eigenvalue weighted by Crippen LogP contribution is -2.26. The molecule has 9 heteroatoms. The molecule has 1 N–H and O–H groups in total. The number of hydrogen-bond acceptors (Lipinski definition) is 6. The van der Waals surface area contributed by atoms with E-state index in [1.54, 1.807) is 44.2 Å². The lowest BCUT2D eigenvalue weighted by Gasteiger charge is -2.20. The highest BCUT2D eigenvalue weighted by Crippen LogP contribution is 2.32. The minimum Gasteiger partial charge on any atom is -0.452 e. The van der Waals surface area contributed by atoms with Crippen LogP contribution in [0.5, 0.6) is 0 Å². The predicted octanol–water partition coefficient (Wildman–Crippen LogP) is 4.20. The van der Waals surface area contributed by atoms with Crippen LogP contribution in [0.4, 0.5) is 10.1 Å². The number of esters is 1. The van der Waals surface area contributed by atoms with Gasteiger partial charge in [0, 0.05) is 16.7 Å². The maximum atomic E-state index is 13.3. The van der Waals surface area contributed by atoms with E-state index in [0.29, 0.717) is 22.6 Å². The number of nitrogens with zero attached hydrogens (tertiary/aromatic N) is 2. The van der Waals surface area contributed by atoms with Crippen LogP contribution >= 0.6 is 0 Å². The van der Waals surface area contributed by atoms with Crippen molar-refractivity contribution in [3.63, 3.8) is 0 Å². The molecule has 0 unspecified atom stereocenters.